The third-order valence-corrected chi connectivity index (χ3v) is 6.37. The monoisotopic (exact) mass is 452 g/mol. The highest BCUT2D eigenvalue weighted by molar-refractivity contribution is 6.07. The smallest absolute Gasteiger partial charge is 0.321 e. The fourth-order valence-electron chi connectivity index (χ4n) is 4.55. The molecule has 0 aliphatic carbocycles. The van der Waals surface area contributed by atoms with E-state index < -0.39 is 0 Å². The molecule has 0 radical (unpaired) electrons. The van der Waals surface area contributed by atoms with Crippen molar-refractivity contribution in [3.63, 3.8) is 0 Å². The molecule has 0 atom stereocenters. The van der Waals surface area contributed by atoms with Crippen LogP contribution in [0.2, 0.25) is 0 Å². The Bertz CT molecular complexity index is 1280. The van der Waals surface area contributed by atoms with Crippen LogP contribution in [-0.4, -0.2) is 40.5 Å². The second-order valence-electron chi connectivity index (χ2n) is 8.70. The van der Waals surface area contributed by atoms with Gasteiger partial charge in [-0.3, -0.25) is 4.79 Å². The van der Waals surface area contributed by atoms with E-state index in [4.69, 9.17) is 0 Å². The first kappa shape index (κ1) is 21.8. The van der Waals surface area contributed by atoms with Gasteiger partial charge in [0.15, 0.2) is 0 Å². The van der Waals surface area contributed by atoms with Gasteiger partial charge in [0, 0.05) is 48.5 Å². The highest BCUT2D eigenvalue weighted by Gasteiger charge is 2.25. The Balaban J connectivity index is 1.23. The maximum Gasteiger partial charge on any atom is 0.321 e. The van der Waals surface area contributed by atoms with E-state index in [0.29, 0.717) is 25.2 Å². The van der Waals surface area contributed by atoms with E-state index in [1.807, 2.05) is 72.9 Å². The highest BCUT2D eigenvalue weighted by Crippen LogP contribution is 2.23. The first-order chi connectivity index (χ1) is 16.7. The van der Waals surface area contributed by atoms with E-state index in [2.05, 4.69) is 33.4 Å². The van der Waals surface area contributed by atoms with Crippen LogP contribution < -0.4 is 10.6 Å². The Morgan fingerprint density at radius 3 is 2.21 bits per heavy atom. The van der Waals surface area contributed by atoms with Gasteiger partial charge in [0.05, 0.1) is 5.56 Å². The van der Waals surface area contributed by atoms with E-state index in [9.17, 15) is 9.59 Å². The third kappa shape index (κ3) is 4.81. The molecule has 34 heavy (non-hydrogen) atoms. The number of fused-ring (bicyclic) bond motifs is 1. The molecule has 2 heterocycles. The summed E-state index contributed by atoms with van der Waals surface area (Å²) in [7, 11) is 0. The minimum absolute atomic E-state index is 0.0458. The molecule has 1 saturated heterocycles. The van der Waals surface area contributed by atoms with Crippen LogP contribution in [0.1, 0.15) is 28.8 Å². The third-order valence-electron chi connectivity index (χ3n) is 6.37. The lowest BCUT2D eigenvalue weighted by atomic mass is 10.0. The van der Waals surface area contributed by atoms with E-state index in [-0.39, 0.29) is 18.0 Å². The van der Waals surface area contributed by atoms with Crippen LogP contribution in [0.25, 0.3) is 10.9 Å². The fraction of sp³-hybridized carbons (Fsp3) is 0.214. The number of carbonyl (C=O) groups excluding carboxylic acids is 2. The van der Waals surface area contributed by atoms with Gasteiger partial charge in [-0.2, -0.15) is 0 Å². The molecule has 3 aromatic carbocycles. The van der Waals surface area contributed by atoms with Crippen molar-refractivity contribution in [2.75, 3.05) is 18.4 Å². The first-order valence-electron chi connectivity index (χ1n) is 11.7. The van der Waals surface area contributed by atoms with Crippen molar-refractivity contribution in [1.29, 1.82) is 0 Å². The maximum absolute atomic E-state index is 13.2. The molecule has 1 aliphatic heterocycles. The van der Waals surface area contributed by atoms with Crippen molar-refractivity contribution < 1.29 is 9.59 Å². The van der Waals surface area contributed by atoms with E-state index in [0.717, 1.165) is 29.4 Å². The molecule has 4 aromatic rings. The number of piperidine rings is 1. The summed E-state index contributed by atoms with van der Waals surface area (Å²) in [5, 5.41) is 7.09. The lowest BCUT2D eigenvalue weighted by molar-refractivity contribution is 0.0920. The Hall–Kier alpha value is -4.06. The van der Waals surface area contributed by atoms with Gasteiger partial charge < -0.3 is 20.1 Å². The largest absolute Gasteiger partial charge is 0.349 e. The van der Waals surface area contributed by atoms with Crippen LogP contribution in [0.3, 0.4) is 0 Å². The number of hydrogen-bond donors (Lipinski definition) is 2. The number of urea groups is 1. The molecule has 1 aliphatic rings. The molecule has 5 rings (SSSR count). The van der Waals surface area contributed by atoms with E-state index in [1.54, 1.807) is 4.90 Å². The Morgan fingerprint density at radius 2 is 1.47 bits per heavy atom. The Labute approximate surface area is 199 Å². The zero-order valence-electron chi connectivity index (χ0n) is 19.0. The molecule has 172 valence electrons. The number of likely N-dealkylation sites (tertiary alicyclic amines) is 1. The zero-order chi connectivity index (χ0) is 23.3. The normalized spacial score (nSPS) is 14.2. The fourth-order valence-corrected chi connectivity index (χ4v) is 4.55. The van der Waals surface area contributed by atoms with Crippen LogP contribution in [0.4, 0.5) is 10.5 Å². The van der Waals surface area contributed by atoms with Crippen molar-refractivity contribution in [1.82, 2.24) is 14.8 Å². The van der Waals surface area contributed by atoms with Gasteiger partial charge in [-0.25, -0.2) is 4.79 Å². The van der Waals surface area contributed by atoms with Gasteiger partial charge >= 0.3 is 6.03 Å². The van der Waals surface area contributed by atoms with E-state index >= 15 is 0 Å². The number of benzene rings is 3. The number of rotatable bonds is 5. The molecule has 6 heteroatoms. The molecule has 0 saturated carbocycles. The zero-order valence-corrected chi connectivity index (χ0v) is 19.0. The van der Waals surface area contributed by atoms with E-state index in [1.165, 1.54) is 5.56 Å². The van der Waals surface area contributed by atoms with Crippen LogP contribution in [0, 0.1) is 0 Å². The van der Waals surface area contributed by atoms with Crippen molar-refractivity contribution >= 4 is 28.5 Å². The minimum atomic E-state index is -0.0973. The number of para-hydroxylation sites is 2. The molecular weight excluding hydrogens is 424 g/mol. The van der Waals surface area contributed by atoms with Crippen LogP contribution in [0.15, 0.2) is 91.1 Å². The minimum Gasteiger partial charge on any atom is -0.349 e. The molecule has 0 bridgehead atoms. The van der Waals surface area contributed by atoms with Gasteiger partial charge in [-0.1, -0.05) is 66.7 Å². The lowest BCUT2D eigenvalue weighted by Crippen LogP contribution is -2.47. The predicted molar refractivity (Wildman–Crippen MR) is 135 cm³/mol. The maximum atomic E-state index is 13.2. The second-order valence-corrected chi connectivity index (χ2v) is 8.70. The summed E-state index contributed by atoms with van der Waals surface area (Å²) in [5.41, 5.74) is 3.71. The number of nitrogens with one attached hydrogen (secondary N) is 2. The highest BCUT2D eigenvalue weighted by atomic mass is 16.2. The van der Waals surface area contributed by atoms with Gasteiger partial charge in [0.25, 0.3) is 5.91 Å². The first-order valence-corrected chi connectivity index (χ1v) is 11.7. The summed E-state index contributed by atoms with van der Waals surface area (Å²) in [6, 6.07) is 27.7. The molecule has 0 unspecified atom stereocenters. The number of hydrogen-bond acceptors (Lipinski definition) is 2. The average Bonchev–Trinajstić information content (AvgIpc) is 3.24. The summed E-state index contributed by atoms with van der Waals surface area (Å²) >= 11 is 0. The van der Waals surface area contributed by atoms with Crippen molar-refractivity contribution in [2.45, 2.75) is 25.4 Å². The summed E-state index contributed by atoms with van der Waals surface area (Å²) in [4.78, 5) is 27.6. The summed E-state index contributed by atoms with van der Waals surface area (Å²) < 4.78 is 2.14. The molecule has 2 N–H and O–H groups in total. The summed E-state index contributed by atoms with van der Waals surface area (Å²) in [6.45, 7) is 1.93. The SMILES string of the molecule is O=C(NC1CCN(C(=O)Nc2ccccc2)CC1)c1cn(Cc2ccccc2)c2ccccc12. The molecule has 3 amide bonds. The van der Waals surface area contributed by atoms with Gasteiger partial charge in [-0.05, 0) is 36.6 Å². The van der Waals surface area contributed by atoms with Crippen molar-refractivity contribution in [3.05, 3.63) is 102 Å². The topological polar surface area (TPSA) is 66.4 Å². The van der Waals surface area contributed by atoms with Crippen molar-refractivity contribution in [3.8, 4) is 0 Å². The van der Waals surface area contributed by atoms with Crippen LogP contribution >= 0.6 is 0 Å². The van der Waals surface area contributed by atoms with Gasteiger partial charge in [-0.15, -0.1) is 0 Å². The lowest BCUT2D eigenvalue weighted by Gasteiger charge is -2.32. The average molecular weight is 453 g/mol. The number of aromatic nitrogens is 1. The number of anilines is 1. The summed E-state index contributed by atoms with van der Waals surface area (Å²) in [6.07, 6.45) is 3.42. The second kappa shape index (κ2) is 9.83. The molecule has 1 aromatic heterocycles. The number of carbonyl (C=O) groups is 2. The Kier molecular flexibility index (Phi) is 6.29. The quantitative estimate of drug-likeness (QED) is 0.442. The molecule has 1 fully saturated rings. The number of nitrogens with zero attached hydrogens (tertiary/aromatic N) is 2. The summed E-state index contributed by atoms with van der Waals surface area (Å²) in [5.74, 6) is -0.0600. The standard InChI is InChI=1S/C28H28N4O2/c33-27(29-23-15-17-31(18-16-23)28(34)30-22-11-5-2-6-12-22)25-20-32(19-21-9-3-1-4-10-21)26-14-8-7-13-24(25)26/h1-14,20,23H,15-19H2,(H,29,33)(H,30,34). The predicted octanol–water partition coefficient (Wildman–Crippen LogP) is 5.12. The molecular formula is C28H28N4O2. The van der Waals surface area contributed by atoms with Crippen molar-refractivity contribution in [2.24, 2.45) is 0 Å². The molecule has 6 nitrogen and oxygen atoms in total. The van der Waals surface area contributed by atoms with Gasteiger partial charge in [0.2, 0.25) is 0 Å². The molecule has 0 spiro atoms. The van der Waals surface area contributed by atoms with Crippen LogP contribution in [-0.2, 0) is 6.54 Å². The Morgan fingerprint density at radius 1 is 0.824 bits per heavy atom. The van der Waals surface area contributed by atoms with Crippen LogP contribution in [0.5, 0.6) is 0 Å². The number of amides is 3. The van der Waals surface area contributed by atoms with Gasteiger partial charge in [0.1, 0.15) is 0 Å².